The van der Waals surface area contributed by atoms with E-state index in [2.05, 4.69) is 29.7 Å². The molecule has 1 aliphatic heterocycles. The zero-order valence-corrected chi connectivity index (χ0v) is 14.0. The van der Waals surface area contributed by atoms with E-state index in [0.717, 1.165) is 37.5 Å². The number of hydrogen-bond donors (Lipinski definition) is 0. The van der Waals surface area contributed by atoms with Crippen LogP contribution in [0.2, 0.25) is 0 Å². The van der Waals surface area contributed by atoms with Crippen molar-refractivity contribution in [2.45, 2.75) is 39.3 Å². The van der Waals surface area contributed by atoms with E-state index in [0.29, 0.717) is 12.6 Å². The molecule has 0 aromatic heterocycles. The standard InChI is InChI=1S/C18H27N3O/c1-4-10-20-11-12-21(14-15(20)3)17(13-19)16-8-6-7-9-18(16)22-5-2/h6-9,15,17H,4-5,10-12,14H2,1-3H3. The molecule has 4 heteroatoms. The Balaban J connectivity index is 2.15. The molecule has 0 spiro atoms. The Hall–Kier alpha value is -1.57. The number of para-hydroxylation sites is 1. The van der Waals surface area contributed by atoms with Crippen molar-refractivity contribution in [3.63, 3.8) is 0 Å². The van der Waals surface area contributed by atoms with E-state index in [1.165, 1.54) is 6.42 Å². The maximum atomic E-state index is 9.72. The summed E-state index contributed by atoms with van der Waals surface area (Å²) in [5.41, 5.74) is 0.989. The van der Waals surface area contributed by atoms with Crippen molar-refractivity contribution in [1.82, 2.24) is 9.80 Å². The van der Waals surface area contributed by atoms with Crippen LogP contribution in [0.15, 0.2) is 24.3 Å². The summed E-state index contributed by atoms with van der Waals surface area (Å²) in [6.45, 7) is 11.1. The second kappa shape index (κ2) is 8.17. The second-order valence-electron chi connectivity index (χ2n) is 5.88. The van der Waals surface area contributed by atoms with Crippen molar-refractivity contribution in [2.75, 3.05) is 32.8 Å². The lowest BCUT2D eigenvalue weighted by Crippen LogP contribution is -2.52. The number of nitriles is 1. The minimum Gasteiger partial charge on any atom is -0.493 e. The highest BCUT2D eigenvalue weighted by Gasteiger charge is 2.30. The third-order valence-corrected chi connectivity index (χ3v) is 4.31. The Kier molecular flexibility index (Phi) is 6.23. The van der Waals surface area contributed by atoms with Crippen LogP contribution in [0.25, 0.3) is 0 Å². The van der Waals surface area contributed by atoms with Crippen LogP contribution in [-0.2, 0) is 0 Å². The fourth-order valence-electron chi connectivity index (χ4n) is 3.22. The first-order chi connectivity index (χ1) is 10.7. The molecule has 2 unspecified atom stereocenters. The lowest BCUT2D eigenvalue weighted by Gasteiger charge is -2.41. The lowest BCUT2D eigenvalue weighted by atomic mass is 10.0. The van der Waals surface area contributed by atoms with Crippen molar-refractivity contribution in [1.29, 1.82) is 5.26 Å². The van der Waals surface area contributed by atoms with Gasteiger partial charge in [0, 0.05) is 31.2 Å². The van der Waals surface area contributed by atoms with Gasteiger partial charge in [0.05, 0.1) is 12.7 Å². The largest absolute Gasteiger partial charge is 0.493 e. The quantitative estimate of drug-likeness (QED) is 0.809. The predicted octanol–water partition coefficient (Wildman–Crippen LogP) is 3.07. The molecule has 1 fully saturated rings. The normalized spacial score (nSPS) is 21.3. The van der Waals surface area contributed by atoms with Gasteiger partial charge in [0.25, 0.3) is 0 Å². The molecule has 0 aliphatic carbocycles. The van der Waals surface area contributed by atoms with Gasteiger partial charge in [0.2, 0.25) is 0 Å². The molecule has 0 radical (unpaired) electrons. The number of nitrogens with zero attached hydrogens (tertiary/aromatic N) is 3. The summed E-state index contributed by atoms with van der Waals surface area (Å²) < 4.78 is 5.71. The minimum absolute atomic E-state index is 0.228. The van der Waals surface area contributed by atoms with E-state index in [4.69, 9.17) is 4.74 Å². The van der Waals surface area contributed by atoms with Crippen LogP contribution >= 0.6 is 0 Å². The summed E-state index contributed by atoms with van der Waals surface area (Å²) in [6, 6.07) is 10.7. The molecule has 0 saturated carbocycles. The summed E-state index contributed by atoms with van der Waals surface area (Å²) in [5.74, 6) is 0.834. The van der Waals surface area contributed by atoms with Crippen molar-refractivity contribution in [2.24, 2.45) is 0 Å². The highest BCUT2D eigenvalue weighted by molar-refractivity contribution is 5.38. The fraction of sp³-hybridized carbons (Fsp3) is 0.611. The molecule has 2 atom stereocenters. The van der Waals surface area contributed by atoms with Gasteiger partial charge in [-0.1, -0.05) is 25.1 Å². The van der Waals surface area contributed by atoms with Crippen molar-refractivity contribution in [3.05, 3.63) is 29.8 Å². The van der Waals surface area contributed by atoms with Gasteiger partial charge in [0.1, 0.15) is 11.8 Å². The lowest BCUT2D eigenvalue weighted by molar-refractivity contribution is 0.0683. The maximum absolute atomic E-state index is 9.72. The van der Waals surface area contributed by atoms with Crippen LogP contribution in [0, 0.1) is 11.3 Å². The van der Waals surface area contributed by atoms with Crippen LogP contribution in [0.1, 0.15) is 38.8 Å². The van der Waals surface area contributed by atoms with E-state index in [-0.39, 0.29) is 6.04 Å². The Bertz CT molecular complexity index is 511. The van der Waals surface area contributed by atoms with Gasteiger partial charge in [-0.25, -0.2) is 0 Å². The number of ether oxygens (including phenoxy) is 1. The number of hydrogen-bond acceptors (Lipinski definition) is 4. The van der Waals surface area contributed by atoms with Crippen LogP contribution < -0.4 is 4.74 Å². The average Bonchev–Trinajstić information content (AvgIpc) is 2.53. The van der Waals surface area contributed by atoms with Gasteiger partial charge >= 0.3 is 0 Å². The molecular weight excluding hydrogens is 274 g/mol. The molecule has 4 nitrogen and oxygen atoms in total. The van der Waals surface area contributed by atoms with Gasteiger partial charge < -0.3 is 4.74 Å². The summed E-state index contributed by atoms with van der Waals surface area (Å²) in [4.78, 5) is 4.80. The summed E-state index contributed by atoms with van der Waals surface area (Å²) in [6.07, 6.45) is 1.18. The van der Waals surface area contributed by atoms with Crippen molar-refractivity contribution >= 4 is 0 Å². The van der Waals surface area contributed by atoms with E-state index in [1.807, 2.05) is 31.2 Å². The number of benzene rings is 1. The first kappa shape index (κ1) is 16.8. The van der Waals surface area contributed by atoms with Crippen LogP contribution in [0.5, 0.6) is 5.75 Å². The predicted molar refractivity (Wildman–Crippen MR) is 88.9 cm³/mol. The smallest absolute Gasteiger partial charge is 0.127 e. The monoisotopic (exact) mass is 301 g/mol. The van der Waals surface area contributed by atoms with Crippen molar-refractivity contribution < 1.29 is 4.74 Å². The van der Waals surface area contributed by atoms with Gasteiger partial charge in [-0.05, 0) is 32.9 Å². The molecular formula is C18H27N3O. The molecule has 1 aromatic carbocycles. The molecule has 0 N–H and O–H groups in total. The van der Waals surface area contributed by atoms with Gasteiger partial charge in [-0.15, -0.1) is 0 Å². The molecule has 22 heavy (non-hydrogen) atoms. The molecule has 1 aromatic rings. The summed E-state index contributed by atoms with van der Waals surface area (Å²) in [5, 5.41) is 9.72. The Labute approximate surface area is 134 Å². The highest BCUT2D eigenvalue weighted by Crippen LogP contribution is 2.30. The average molecular weight is 301 g/mol. The molecule has 0 amide bonds. The first-order valence-electron chi connectivity index (χ1n) is 8.30. The van der Waals surface area contributed by atoms with Gasteiger partial charge in [-0.3, -0.25) is 9.80 Å². The zero-order valence-electron chi connectivity index (χ0n) is 14.0. The highest BCUT2D eigenvalue weighted by atomic mass is 16.5. The number of piperazine rings is 1. The van der Waals surface area contributed by atoms with E-state index in [9.17, 15) is 5.26 Å². The first-order valence-corrected chi connectivity index (χ1v) is 8.30. The molecule has 0 bridgehead atoms. The van der Waals surface area contributed by atoms with Gasteiger partial charge in [-0.2, -0.15) is 5.26 Å². The minimum atomic E-state index is -0.228. The molecule has 120 valence electrons. The fourth-order valence-corrected chi connectivity index (χ4v) is 3.22. The SMILES string of the molecule is CCCN1CCN(C(C#N)c2ccccc2OCC)CC1C. The van der Waals surface area contributed by atoms with Crippen LogP contribution in [0.3, 0.4) is 0 Å². The molecule has 1 heterocycles. The molecule has 2 rings (SSSR count). The van der Waals surface area contributed by atoms with E-state index >= 15 is 0 Å². The Morgan fingerprint density at radius 3 is 2.73 bits per heavy atom. The van der Waals surface area contributed by atoms with Gasteiger partial charge in [0.15, 0.2) is 0 Å². The molecule has 1 aliphatic rings. The zero-order chi connectivity index (χ0) is 15.9. The second-order valence-corrected chi connectivity index (χ2v) is 5.88. The topological polar surface area (TPSA) is 39.5 Å². The van der Waals surface area contributed by atoms with Crippen molar-refractivity contribution in [3.8, 4) is 11.8 Å². The summed E-state index contributed by atoms with van der Waals surface area (Å²) in [7, 11) is 0. The molecule has 1 saturated heterocycles. The number of rotatable bonds is 6. The van der Waals surface area contributed by atoms with E-state index in [1.54, 1.807) is 0 Å². The summed E-state index contributed by atoms with van der Waals surface area (Å²) >= 11 is 0. The third-order valence-electron chi connectivity index (χ3n) is 4.31. The van der Waals surface area contributed by atoms with Crippen LogP contribution in [-0.4, -0.2) is 48.6 Å². The van der Waals surface area contributed by atoms with E-state index < -0.39 is 0 Å². The van der Waals surface area contributed by atoms with Crippen LogP contribution in [0.4, 0.5) is 0 Å². The Morgan fingerprint density at radius 2 is 2.09 bits per heavy atom. The maximum Gasteiger partial charge on any atom is 0.127 e. The third kappa shape index (κ3) is 3.79. The Morgan fingerprint density at radius 1 is 1.32 bits per heavy atom.